The number of aryl methyl sites for hydroxylation is 1. The quantitative estimate of drug-likeness (QED) is 0.796. The third kappa shape index (κ3) is 2.82. The van der Waals surface area contributed by atoms with Gasteiger partial charge >= 0.3 is 0 Å². The monoisotopic (exact) mass is 203 g/mol. The van der Waals surface area contributed by atoms with Crippen LogP contribution >= 0.6 is 0 Å². The average molecular weight is 203 g/mol. The minimum atomic E-state index is 0.742. The summed E-state index contributed by atoms with van der Waals surface area (Å²) in [5, 5.41) is 3.59. The molecule has 2 atom stereocenters. The van der Waals surface area contributed by atoms with Gasteiger partial charge in [-0.25, -0.2) is 0 Å². The molecule has 0 bridgehead atoms. The summed E-state index contributed by atoms with van der Waals surface area (Å²) in [5.74, 6) is 0.759. The van der Waals surface area contributed by atoms with Crippen LogP contribution in [0, 0.1) is 12.8 Å². The van der Waals surface area contributed by atoms with Gasteiger partial charge in [-0.3, -0.25) is 0 Å². The molecule has 1 saturated heterocycles. The molecule has 15 heavy (non-hydrogen) atoms. The molecule has 0 radical (unpaired) electrons. The van der Waals surface area contributed by atoms with Crippen molar-refractivity contribution in [1.82, 2.24) is 5.32 Å². The number of rotatable bonds is 3. The van der Waals surface area contributed by atoms with Gasteiger partial charge in [0.15, 0.2) is 0 Å². The lowest BCUT2D eigenvalue weighted by Gasteiger charge is -2.19. The molecule has 1 aliphatic rings. The van der Waals surface area contributed by atoms with E-state index in [0.717, 1.165) is 12.0 Å². The molecule has 1 aromatic rings. The maximum absolute atomic E-state index is 3.59. The molecule has 1 N–H and O–H groups in total. The topological polar surface area (TPSA) is 12.0 Å². The molecular weight excluding hydrogens is 182 g/mol. The SMILES string of the molecule is Cc1ccc(CC(C)C2CCCN2)cc1. The number of nitrogens with one attached hydrogen (secondary N) is 1. The van der Waals surface area contributed by atoms with E-state index in [0.29, 0.717) is 0 Å². The van der Waals surface area contributed by atoms with Crippen molar-refractivity contribution in [3.63, 3.8) is 0 Å². The van der Waals surface area contributed by atoms with Gasteiger partial charge in [0.25, 0.3) is 0 Å². The normalized spacial score (nSPS) is 22.9. The summed E-state index contributed by atoms with van der Waals surface area (Å²) in [5.41, 5.74) is 2.83. The van der Waals surface area contributed by atoms with Crippen LogP contribution in [0.2, 0.25) is 0 Å². The Balaban J connectivity index is 1.92. The van der Waals surface area contributed by atoms with E-state index >= 15 is 0 Å². The van der Waals surface area contributed by atoms with Crippen molar-refractivity contribution in [3.05, 3.63) is 35.4 Å². The summed E-state index contributed by atoms with van der Waals surface area (Å²) in [6, 6.07) is 9.70. The first-order valence-electron chi connectivity index (χ1n) is 6.04. The Morgan fingerprint density at radius 1 is 1.33 bits per heavy atom. The van der Waals surface area contributed by atoms with Gasteiger partial charge in [-0.2, -0.15) is 0 Å². The van der Waals surface area contributed by atoms with Crippen LogP contribution in [-0.2, 0) is 6.42 Å². The van der Waals surface area contributed by atoms with Crippen LogP contribution in [0.4, 0.5) is 0 Å². The fourth-order valence-corrected chi connectivity index (χ4v) is 2.44. The Bertz CT molecular complexity index is 296. The van der Waals surface area contributed by atoms with Crippen LogP contribution in [0.3, 0.4) is 0 Å². The summed E-state index contributed by atoms with van der Waals surface area (Å²) < 4.78 is 0. The number of hydrogen-bond donors (Lipinski definition) is 1. The zero-order valence-corrected chi connectivity index (χ0v) is 9.79. The van der Waals surface area contributed by atoms with Crippen molar-refractivity contribution in [2.24, 2.45) is 5.92 Å². The lowest BCUT2D eigenvalue weighted by atomic mass is 9.93. The largest absolute Gasteiger partial charge is 0.314 e. The van der Waals surface area contributed by atoms with Crippen LogP contribution in [0.25, 0.3) is 0 Å². The number of hydrogen-bond acceptors (Lipinski definition) is 1. The second-order valence-electron chi connectivity index (χ2n) is 4.87. The van der Waals surface area contributed by atoms with E-state index in [2.05, 4.69) is 43.4 Å². The maximum Gasteiger partial charge on any atom is 0.00963 e. The molecule has 0 saturated carbocycles. The van der Waals surface area contributed by atoms with Crippen LogP contribution < -0.4 is 5.32 Å². The van der Waals surface area contributed by atoms with Crippen LogP contribution in [0.5, 0.6) is 0 Å². The molecule has 1 aliphatic heterocycles. The molecule has 2 rings (SSSR count). The predicted molar refractivity (Wildman–Crippen MR) is 65.1 cm³/mol. The van der Waals surface area contributed by atoms with E-state index in [1.807, 2.05) is 0 Å². The lowest BCUT2D eigenvalue weighted by Crippen LogP contribution is -2.29. The Morgan fingerprint density at radius 2 is 2.07 bits per heavy atom. The van der Waals surface area contributed by atoms with Crippen molar-refractivity contribution >= 4 is 0 Å². The predicted octanol–water partition coefficient (Wildman–Crippen LogP) is 2.93. The fraction of sp³-hybridized carbons (Fsp3) is 0.571. The van der Waals surface area contributed by atoms with Crippen LogP contribution in [0.15, 0.2) is 24.3 Å². The van der Waals surface area contributed by atoms with Gasteiger partial charge in [0, 0.05) is 6.04 Å². The highest BCUT2D eigenvalue weighted by Gasteiger charge is 2.20. The minimum absolute atomic E-state index is 0.742. The van der Waals surface area contributed by atoms with Gasteiger partial charge < -0.3 is 5.32 Å². The zero-order chi connectivity index (χ0) is 10.7. The lowest BCUT2D eigenvalue weighted by molar-refractivity contribution is 0.417. The second-order valence-corrected chi connectivity index (χ2v) is 4.87. The van der Waals surface area contributed by atoms with E-state index in [-0.39, 0.29) is 0 Å². The summed E-state index contributed by atoms with van der Waals surface area (Å²) in [7, 11) is 0. The van der Waals surface area contributed by atoms with E-state index in [1.165, 1.54) is 36.9 Å². The molecule has 1 heterocycles. The molecule has 0 aromatic heterocycles. The molecular formula is C14H21N. The molecule has 82 valence electrons. The summed E-state index contributed by atoms with van der Waals surface area (Å²) in [6.07, 6.45) is 3.91. The van der Waals surface area contributed by atoms with E-state index in [1.54, 1.807) is 0 Å². The van der Waals surface area contributed by atoms with Crippen LogP contribution in [-0.4, -0.2) is 12.6 Å². The molecule has 1 nitrogen and oxygen atoms in total. The first-order chi connectivity index (χ1) is 7.25. The van der Waals surface area contributed by atoms with Gasteiger partial charge in [0.2, 0.25) is 0 Å². The zero-order valence-electron chi connectivity index (χ0n) is 9.79. The number of benzene rings is 1. The standard InChI is InChI=1S/C14H21N/c1-11-5-7-13(8-6-11)10-12(2)14-4-3-9-15-14/h5-8,12,14-15H,3-4,9-10H2,1-2H3. The maximum atomic E-state index is 3.59. The highest BCUT2D eigenvalue weighted by molar-refractivity contribution is 5.21. The average Bonchev–Trinajstić information content (AvgIpc) is 2.74. The highest BCUT2D eigenvalue weighted by Crippen LogP contribution is 2.19. The van der Waals surface area contributed by atoms with Gasteiger partial charge in [-0.05, 0) is 44.2 Å². The third-order valence-corrected chi connectivity index (χ3v) is 3.46. The first-order valence-corrected chi connectivity index (χ1v) is 6.04. The smallest absolute Gasteiger partial charge is 0.00963 e. The summed E-state index contributed by atoms with van der Waals surface area (Å²) in [4.78, 5) is 0. The van der Waals surface area contributed by atoms with E-state index in [4.69, 9.17) is 0 Å². The van der Waals surface area contributed by atoms with Crippen molar-refractivity contribution in [2.45, 2.75) is 39.2 Å². The molecule has 1 aromatic carbocycles. The third-order valence-electron chi connectivity index (χ3n) is 3.46. The molecule has 0 spiro atoms. The van der Waals surface area contributed by atoms with Crippen molar-refractivity contribution in [1.29, 1.82) is 0 Å². The summed E-state index contributed by atoms with van der Waals surface area (Å²) in [6.45, 7) is 5.72. The molecule has 1 fully saturated rings. The molecule has 0 amide bonds. The molecule has 2 unspecified atom stereocenters. The minimum Gasteiger partial charge on any atom is -0.314 e. The van der Waals surface area contributed by atoms with Gasteiger partial charge in [-0.15, -0.1) is 0 Å². The Labute approximate surface area is 92.9 Å². The van der Waals surface area contributed by atoms with Crippen molar-refractivity contribution in [3.8, 4) is 0 Å². The Hall–Kier alpha value is -0.820. The van der Waals surface area contributed by atoms with E-state index < -0.39 is 0 Å². The summed E-state index contributed by atoms with van der Waals surface area (Å²) >= 11 is 0. The van der Waals surface area contributed by atoms with Gasteiger partial charge in [-0.1, -0.05) is 36.8 Å². The Morgan fingerprint density at radius 3 is 2.67 bits per heavy atom. The second kappa shape index (κ2) is 4.80. The van der Waals surface area contributed by atoms with Crippen molar-refractivity contribution < 1.29 is 0 Å². The molecule has 0 aliphatic carbocycles. The van der Waals surface area contributed by atoms with Crippen LogP contribution in [0.1, 0.15) is 30.9 Å². The highest BCUT2D eigenvalue weighted by atomic mass is 14.9. The Kier molecular flexibility index (Phi) is 3.42. The first kappa shape index (κ1) is 10.7. The molecule has 1 heteroatoms. The van der Waals surface area contributed by atoms with Gasteiger partial charge in [0.1, 0.15) is 0 Å². The van der Waals surface area contributed by atoms with E-state index in [9.17, 15) is 0 Å². The van der Waals surface area contributed by atoms with Crippen molar-refractivity contribution in [2.75, 3.05) is 6.54 Å². The fourth-order valence-electron chi connectivity index (χ4n) is 2.44. The van der Waals surface area contributed by atoms with Gasteiger partial charge in [0.05, 0.1) is 0 Å².